The van der Waals surface area contributed by atoms with E-state index < -0.39 is 12.0 Å². The highest BCUT2D eigenvalue weighted by Crippen LogP contribution is 2.29. The fourth-order valence-electron chi connectivity index (χ4n) is 3.62. The van der Waals surface area contributed by atoms with Gasteiger partial charge in [-0.3, -0.25) is 14.4 Å². The van der Waals surface area contributed by atoms with Crippen molar-refractivity contribution in [2.75, 3.05) is 18.6 Å². The molecule has 0 aromatic heterocycles. The summed E-state index contributed by atoms with van der Waals surface area (Å²) in [5, 5.41) is 2.95. The first-order valence-electron chi connectivity index (χ1n) is 10.4. The molecule has 1 saturated heterocycles. The largest absolute Gasteiger partial charge is 0.497 e. The van der Waals surface area contributed by atoms with E-state index in [4.69, 9.17) is 9.47 Å². The average molecular weight is 424 g/mol. The molecular formula is C24H28N2O5. The maximum Gasteiger partial charge on any atom is 0.308 e. The number of carbonyl (C=O) groups is 3. The molecule has 0 saturated carbocycles. The zero-order valence-corrected chi connectivity index (χ0v) is 18.0. The molecule has 1 aliphatic rings. The van der Waals surface area contributed by atoms with Crippen LogP contribution in [-0.2, 0) is 19.1 Å². The van der Waals surface area contributed by atoms with E-state index in [2.05, 4.69) is 5.32 Å². The molecule has 2 atom stereocenters. The number of esters is 1. The number of methoxy groups -OCH3 is 1. The van der Waals surface area contributed by atoms with Gasteiger partial charge in [0, 0.05) is 24.7 Å². The molecule has 164 valence electrons. The fourth-order valence-corrected chi connectivity index (χ4v) is 3.62. The number of ether oxygens (including phenoxy) is 2. The number of carbonyl (C=O) groups excluding carboxylic acids is 3. The van der Waals surface area contributed by atoms with Gasteiger partial charge in [0.05, 0.1) is 31.6 Å². The van der Waals surface area contributed by atoms with E-state index in [-0.39, 0.29) is 43.3 Å². The molecular weight excluding hydrogens is 396 g/mol. The Morgan fingerprint density at radius 2 is 1.87 bits per heavy atom. The number of hydrogen-bond acceptors (Lipinski definition) is 5. The molecule has 1 fully saturated rings. The normalized spacial score (nSPS) is 16.8. The summed E-state index contributed by atoms with van der Waals surface area (Å²) in [5.74, 6) is -0.629. The summed E-state index contributed by atoms with van der Waals surface area (Å²) in [5.41, 5.74) is 1.50. The molecule has 1 aliphatic heterocycles. The zero-order chi connectivity index (χ0) is 22.4. The molecule has 3 rings (SSSR count). The van der Waals surface area contributed by atoms with Gasteiger partial charge in [-0.2, -0.15) is 0 Å². The van der Waals surface area contributed by atoms with Crippen LogP contribution < -0.4 is 15.0 Å². The lowest BCUT2D eigenvalue weighted by molar-refractivity contribution is -0.148. The highest BCUT2D eigenvalue weighted by atomic mass is 16.5. The minimum atomic E-state index is -0.527. The van der Waals surface area contributed by atoms with E-state index in [0.717, 1.165) is 5.56 Å². The van der Waals surface area contributed by atoms with Crippen LogP contribution in [0.5, 0.6) is 5.75 Å². The summed E-state index contributed by atoms with van der Waals surface area (Å²) >= 11 is 0. The molecule has 2 amide bonds. The van der Waals surface area contributed by atoms with Gasteiger partial charge in [0.1, 0.15) is 5.75 Å². The van der Waals surface area contributed by atoms with E-state index in [1.54, 1.807) is 44.1 Å². The Morgan fingerprint density at radius 1 is 1.13 bits per heavy atom. The third-order valence-corrected chi connectivity index (χ3v) is 5.12. The lowest BCUT2D eigenvalue weighted by Crippen LogP contribution is -2.36. The Morgan fingerprint density at radius 3 is 2.55 bits per heavy atom. The van der Waals surface area contributed by atoms with Crippen LogP contribution in [0.25, 0.3) is 0 Å². The quantitative estimate of drug-likeness (QED) is 0.658. The topological polar surface area (TPSA) is 84.9 Å². The Balaban J connectivity index is 1.71. The number of rotatable bonds is 8. The van der Waals surface area contributed by atoms with E-state index in [9.17, 15) is 14.4 Å². The van der Waals surface area contributed by atoms with Crippen molar-refractivity contribution in [2.45, 2.75) is 38.8 Å². The molecule has 0 radical (unpaired) electrons. The van der Waals surface area contributed by atoms with Crippen molar-refractivity contribution in [3.63, 3.8) is 0 Å². The molecule has 0 bridgehead atoms. The molecule has 7 nitrogen and oxygen atoms in total. The first-order chi connectivity index (χ1) is 14.9. The van der Waals surface area contributed by atoms with E-state index in [1.807, 2.05) is 36.4 Å². The van der Waals surface area contributed by atoms with Crippen molar-refractivity contribution in [3.8, 4) is 5.75 Å². The SMILES string of the molecule is COc1cccc(N2CC(C(=O)NC(CC(=O)OC(C)C)c3ccccc3)CC2=O)c1. The lowest BCUT2D eigenvalue weighted by atomic mass is 10.0. The highest BCUT2D eigenvalue weighted by molar-refractivity contribution is 6.00. The molecule has 1 heterocycles. The summed E-state index contributed by atoms with van der Waals surface area (Å²) in [6, 6.07) is 16.0. The fraction of sp³-hybridized carbons (Fsp3) is 0.375. The van der Waals surface area contributed by atoms with Crippen molar-refractivity contribution >= 4 is 23.5 Å². The van der Waals surface area contributed by atoms with E-state index in [0.29, 0.717) is 11.4 Å². The molecule has 2 aromatic carbocycles. The minimum absolute atomic E-state index is 0.0220. The smallest absolute Gasteiger partial charge is 0.308 e. The van der Waals surface area contributed by atoms with Gasteiger partial charge in [0.25, 0.3) is 0 Å². The van der Waals surface area contributed by atoms with Gasteiger partial charge in [-0.15, -0.1) is 0 Å². The van der Waals surface area contributed by atoms with Crippen LogP contribution in [0.3, 0.4) is 0 Å². The Bertz CT molecular complexity index is 929. The molecule has 0 aliphatic carbocycles. The maximum absolute atomic E-state index is 13.0. The first kappa shape index (κ1) is 22.3. The van der Waals surface area contributed by atoms with E-state index in [1.165, 1.54) is 0 Å². The van der Waals surface area contributed by atoms with Gasteiger partial charge >= 0.3 is 5.97 Å². The van der Waals surface area contributed by atoms with Crippen molar-refractivity contribution in [1.29, 1.82) is 0 Å². The Kier molecular flexibility index (Phi) is 7.28. The van der Waals surface area contributed by atoms with E-state index >= 15 is 0 Å². The first-order valence-corrected chi connectivity index (χ1v) is 10.4. The number of nitrogens with zero attached hydrogens (tertiary/aromatic N) is 1. The number of anilines is 1. The van der Waals surface area contributed by atoms with Crippen molar-refractivity contribution in [3.05, 3.63) is 60.2 Å². The Labute approximate surface area is 182 Å². The number of hydrogen-bond donors (Lipinski definition) is 1. The third-order valence-electron chi connectivity index (χ3n) is 5.12. The molecule has 1 N–H and O–H groups in total. The summed E-state index contributed by atoms with van der Waals surface area (Å²) in [4.78, 5) is 39.4. The second-order valence-corrected chi connectivity index (χ2v) is 7.82. The van der Waals surface area contributed by atoms with Gasteiger partial charge in [0.15, 0.2) is 0 Å². The van der Waals surface area contributed by atoms with Crippen molar-refractivity contribution in [1.82, 2.24) is 5.32 Å². The van der Waals surface area contributed by atoms with Gasteiger partial charge in [-0.1, -0.05) is 36.4 Å². The second kappa shape index (κ2) is 10.1. The second-order valence-electron chi connectivity index (χ2n) is 7.82. The molecule has 0 spiro atoms. The van der Waals surface area contributed by atoms with Crippen LogP contribution in [0, 0.1) is 5.92 Å². The lowest BCUT2D eigenvalue weighted by Gasteiger charge is -2.22. The standard InChI is InChI=1S/C24H28N2O5/c1-16(2)31-23(28)14-21(17-8-5-4-6-9-17)25-24(29)18-12-22(27)26(15-18)19-10-7-11-20(13-19)30-3/h4-11,13,16,18,21H,12,14-15H2,1-3H3,(H,25,29). The monoisotopic (exact) mass is 424 g/mol. The maximum atomic E-state index is 13.0. The summed E-state index contributed by atoms with van der Waals surface area (Å²) in [6.45, 7) is 3.84. The van der Waals surface area contributed by atoms with Crippen LogP contribution in [0.4, 0.5) is 5.69 Å². The van der Waals surface area contributed by atoms with Crippen LogP contribution in [0.1, 0.15) is 38.3 Å². The number of nitrogens with one attached hydrogen (secondary N) is 1. The van der Waals surface area contributed by atoms with Gasteiger partial charge < -0.3 is 19.7 Å². The summed E-state index contributed by atoms with van der Waals surface area (Å²) in [7, 11) is 1.56. The Hall–Kier alpha value is -3.35. The number of amides is 2. The molecule has 7 heteroatoms. The van der Waals surface area contributed by atoms with Crippen LogP contribution in [0.15, 0.2) is 54.6 Å². The van der Waals surface area contributed by atoms with Crippen molar-refractivity contribution in [2.24, 2.45) is 5.92 Å². The van der Waals surface area contributed by atoms with Crippen LogP contribution in [0.2, 0.25) is 0 Å². The molecule has 2 unspecified atom stereocenters. The molecule has 31 heavy (non-hydrogen) atoms. The van der Waals surface area contributed by atoms with Crippen LogP contribution >= 0.6 is 0 Å². The predicted molar refractivity (Wildman–Crippen MR) is 117 cm³/mol. The summed E-state index contributed by atoms with van der Waals surface area (Å²) < 4.78 is 10.5. The number of benzene rings is 2. The van der Waals surface area contributed by atoms with Crippen LogP contribution in [-0.4, -0.2) is 37.5 Å². The van der Waals surface area contributed by atoms with Crippen molar-refractivity contribution < 1.29 is 23.9 Å². The average Bonchev–Trinajstić information content (AvgIpc) is 3.15. The van der Waals surface area contributed by atoms with Gasteiger partial charge in [-0.05, 0) is 31.5 Å². The predicted octanol–water partition coefficient (Wildman–Crippen LogP) is 3.25. The molecule has 2 aromatic rings. The third kappa shape index (κ3) is 5.84. The zero-order valence-electron chi connectivity index (χ0n) is 18.0. The minimum Gasteiger partial charge on any atom is -0.497 e. The highest BCUT2D eigenvalue weighted by Gasteiger charge is 2.36. The van der Waals surface area contributed by atoms with Gasteiger partial charge in [0.2, 0.25) is 11.8 Å². The van der Waals surface area contributed by atoms with Gasteiger partial charge in [-0.25, -0.2) is 0 Å². The summed E-state index contributed by atoms with van der Waals surface area (Å²) in [6.07, 6.45) is -0.0988.